The number of aromatic nitrogens is 4. The van der Waals surface area contributed by atoms with Crippen LogP contribution in [-0.2, 0) is 10.3 Å². The molecule has 2 aromatic heterocycles. The van der Waals surface area contributed by atoms with E-state index in [1.165, 1.54) is 30.5 Å². The highest BCUT2D eigenvalue weighted by atomic mass is 16.5. The summed E-state index contributed by atoms with van der Waals surface area (Å²) in [5, 5.41) is 21.0. The van der Waals surface area contributed by atoms with Crippen molar-refractivity contribution in [1.29, 1.82) is 0 Å². The fraction of sp³-hybridized carbons (Fsp3) is 0.600. The average molecular weight is 449 g/mol. The Kier molecular flexibility index (Phi) is 4.12. The second-order valence-electron chi connectivity index (χ2n) is 11.0. The number of aliphatic hydroxyl groups excluding tert-OH is 1. The molecule has 2 bridgehead atoms. The average Bonchev–Trinajstić information content (AvgIpc) is 3.45. The van der Waals surface area contributed by atoms with Crippen LogP contribution in [0.4, 0.5) is 5.69 Å². The molecule has 3 aromatic rings. The van der Waals surface area contributed by atoms with Crippen LogP contribution in [-0.4, -0.2) is 80.6 Å². The van der Waals surface area contributed by atoms with Gasteiger partial charge in [0.15, 0.2) is 0 Å². The van der Waals surface area contributed by atoms with Gasteiger partial charge in [-0.1, -0.05) is 0 Å². The highest BCUT2D eigenvalue weighted by Gasteiger charge is 2.58. The molecule has 5 fully saturated rings. The van der Waals surface area contributed by atoms with Crippen molar-refractivity contribution in [2.24, 2.45) is 5.92 Å². The fourth-order valence-corrected chi connectivity index (χ4v) is 6.53. The molecule has 2 atom stereocenters. The number of nitrogens with zero attached hydrogens (tertiary/aromatic N) is 6. The van der Waals surface area contributed by atoms with E-state index in [0.717, 1.165) is 48.7 Å². The van der Waals surface area contributed by atoms with Crippen LogP contribution in [0.2, 0.25) is 0 Å². The third kappa shape index (κ3) is 2.80. The summed E-state index contributed by atoms with van der Waals surface area (Å²) in [6.07, 6.45) is 9.53. The molecular weight excluding hydrogens is 416 g/mol. The molecule has 8 heteroatoms. The SMILES string of the molecule is Cc1cc2cnn(-c3cnn(C45CC(C4)C5)c3)c2cc1N1CCN(C2(C)COC[C@@H]2O)CC1. The smallest absolute Gasteiger partial charge is 0.103 e. The lowest BCUT2D eigenvalue weighted by Gasteiger charge is -2.61. The zero-order valence-corrected chi connectivity index (χ0v) is 19.4. The largest absolute Gasteiger partial charge is 0.389 e. The standard InChI is InChI=1S/C25H32N6O2/c1-17-7-19-12-27-31(20-13-26-30(14-20)25-9-18(10-25)11-25)22(19)8-21(17)28-3-5-29(6-4-28)24(2)16-33-15-23(24)32/h7-8,12-14,18,23,32H,3-6,9-11,15-16H2,1-2H3/t18?,23-,24?,25?/m0/s1. The summed E-state index contributed by atoms with van der Waals surface area (Å²) in [6, 6.07) is 4.54. The summed E-state index contributed by atoms with van der Waals surface area (Å²) in [5.74, 6) is 0.932. The van der Waals surface area contributed by atoms with Gasteiger partial charge in [-0.3, -0.25) is 9.58 Å². The monoisotopic (exact) mass is 448 g/mol. The van der Waals surface area contributed by atoms with Gasteiger partial charge in [-0.2, -0.15) is 10.2 Å². The van der Waals surface area contributed by atoms with Crippen LogP contribution in [0.15, 0.2) is 30.7 Å². The van der Waals surface area contributed by atoms with Gasteiger partial charge in [0, 0.05) is 37.3 Å². The molecule has 1 unspecified atom stereocenters. The number of ether oxygens (including phenoxy) is 1. The number of anilines is 1. The minimum atomic E-state index is -0.414. The van der Waals surface area contributed by atoms with Crippen LogP contribution in [0.25, 0.3) is 16.6 Å². The molecule has 2 saturated heterocycles. The van der Waals surface area contributed by atoms with Gasteiger partial charge in [-0.15, -0.1) is 0 Å². The fourth-order valence-electron chi connectivity index (χ4n) is 6.53. The Labute approximate surface area is 193 Å². The first-order chi connectivity index (χ1) is 16.0. The molecule has 5 aliphatic rings. The molecular formula is C25H32N6O2. The summed E-state index contributed by atoms with van der Waals surface area (Å²) in [5.41, 5.74) is 4.73. The lowest BCUT2D eigenvalue weighted by atomic mass is 9.50. The predicted molar refractivity (Wildman–Crippen MR) is 126 cm³/mol. The van der Waals surface area contributed by atoms with Crippen LogP contribution in [0.1, 0.15) is 31.7 Å². The maximum Gasteiger partial charge on any atom is 0.103 e. The highest BCUT2D eigenvalue weighted by molar-refractivity contribution is 5.85. The Morgan fingerprint density at radius 2 is 1.85 bits per heavy atom. The van der Waals surface area contributed by atoms with Crippen molar-refractivity contribution >= 4 is 16.6 Å². The van der Waals surface area contributed by atoms with Crippen molar-refractivity contribution in [2.45, 2.75) is 50.3 Å². The first-order valence-electron chi connectivity index (χ1n) is 12.2. The van der Waals surface area contributed by atoms with E-state index in [9.17, 15) is 5.11 Å². The van der Waals surface area contributed by atoms with Crippen molar-refractivity contribution < 1.29 is 9.84 Å². The molecule has 4 heterocycles. The zero-order valence-electron chi connectivity index (χ0n) is 19.4. The maximum atomic E-state index is 10.4. The molecule has 3 aliphatic carbocycles. The van der Waals surface area contributed by atoms with Crippen molar-refractivity contribution in [3.8, 4) is 5.69 Å². The first kappa shape index (κ1) is 20.0. The van der Waals surface area contributed by atoms with Gasteiger partial charge in [0.1, 0.15) is 5.69 Å². The van der Waals surface area contributed by atoms with Gasteiger partial charge in [0.2, 0.25) is 0 Å². The first-order valence-corrected chi connectivity index (χ1v) is 12.2. The van der Waals surface area contributed by atoms with Crippen molar-refractivity contribution in [1.82, 2.24) is 24.5 Å². The Balaban J connectivity index is 1.16. The van der Waals surface area contributed by atoms with E-state index in [1.54, 1.807) is 0 Å². The third-order valence-corrected chi connectivity index (χ3v) is 8.92. The number of rotatable bonds is 4. The summed E-state index contributed by atoms with van der Waals surface area (Å²) in [6.45, 7) is 9.07. The number of benzene rings is 1. The molecule has 1 N–H and O–H groups in total. The zero-order chi connectivity index (χ0) is 22.4. The summed E-state index contributed by atoms with van der Waals surface area (Å²) < 4.78 is 9.79. The Bertz CT molecular complexity index is 1210. The molecule has 8 nitrogen and oxygen atoms in total. The van der Waals surface area contributed by atoms with Crippen molar-refractivity contribution in [2.75, 3.05) is 44.3 Å². The summed E-state index contributed by atoms with van der Waals surface area (Å²) in [7, 11) is 0. The van der Waals surface area contributed by atoms with Crippen LogP contribution in [0.5, 0.6) is 0 Å². The van der Waals surface area contributed by atoms with Crippen molar-refractivity contribution in [3.63, 3.8) is 0 Å². The van der Waals surface area contributed by atoms with Crippen LogP contribution >= 0.6 is 0 Å². The Morgan fingerprint density at radius 1 is 1.06 bits per heavy atom. The van der Waals surface area contributed by atoms with Gasteiger partial charge in [-0.25, -0.2) is 4.68 Å². The van der Waals surface area contributed by atoms with Crippen molar-refractivity contribution in [3.05, 3.63) is 36.3 Å². The minimum absolute atomic E-state index is 0.274. The van der Waals surface area contributed by atoms with Gasteiger partial charge in [-0.05, 0) is 56.7 Å². The van der Waals surface area contributed by atoms with E-state index in [4.69, 9.17) is 14.9 Å². The number of aryl methyl sites for hydroxylation is 1. The highest BCUT2D eigenvalue weighted by Crippen LogP contribution is 2.62. The number of hydrogen-bond donors (Lipinski definition) is 1. The molecule has 0 spiro atoms. The van der Waals surface area contributed by atoms with Crippen LogP contribution in [0.3, 0.4) is 0 Å². The molecule has 1 aromatic carbocycles. The van der Waals surface area contributed by atoms with Gasteiger partial charge < -0.3 is 14.7 Å². The second-order valence-corrected chi connectivity index (χ2v) is 11.0. The van der Waals surface area contributed by atoms with Gasteiger partial charge in [0.05, 0.1) is 54.5 Å². The number of fused-ring (bicyclic) bond motifs is 1. The maximum absolute atomic E-state index is 10.4. The molecule has 2 aliphatic heterocycles. The van der Waals surface area contributed by atoms with Gasteiger partial charge >= 0.3 is 0 Å². The summed E-state index contributed by atoms with van der Waals surface area (Å²) in [4.78, 5) is 4.87. The summed E-state index contributed by atoms with van der Waals surface area (Å²) >= 11 is 0. The third-order valence-electron chi connectivity index (χ3n) is 8.92. The molecule has 174 valence electrons. The second kappa shape index (κ2) is 6.81. The quantitative estimate of drug-likeness (QED) is 0.661. The number of aliphatic hydroxyl groups is 1. The lowest BCUT2D eigenvalue weighted by Crippen LogP contribution is -2.60. The van der Waals surface area contributed by atoms with E-state index in [-0.39, 0.29) is 5.54 Å². The normalized spacial score (nSPS) is 34.0. The molecule has 0 amide bonds. The molecule has 33 heavy (non-hydrogen) atoms. The van der Waals surface area contributed by atoms with Gasteiger partial charge in [0.25, 0.3) is 0 Å². The van der Waals surface area contributed by atoms with E-state index in [2.05, 4.69) is 46.7 Å². The van der Waals surface area contributed by atoms with Crippen LogP contribution < -0.4 is 4.90 Å². The Morgan fingerprint density at radius 3 is 2.52 bits per heavy atom. The molecule has 8 rings (SSSR count). The number of hydrogen-bond acceptors (Lipinski definition) is 6. The van der Waals surface area contributed by atoms with E-state index in [0.29, 0.717) is 18.8 Å². The lowest BCUT2D eigenvalue weighted by molar-refractivity contribution is -0.0977. The molecule has 3 saturated carbocycles. The van der Waals surface area contributed by atoms with E-state index >= 15 is 0 Å². The van der Waals surface area contributed by atoms with Crippen LogP contribution in [0, 0.1) is 12.8 Å². The molecule has 0 radical (unpaired) electrons. The number of piperazine rings is 1. The van der Waals surface area contributed by atoms with E-state index < -0.39 is 6.10 Å². The predicted octanol–water partition coefficient (Wildman–Crippen LogP) is 2.31. The topological polar surface area (TPSA) is 71.6 Å². The van der Waals surface area contributed by atoms with E-state index in [1.807, 2.05) is 17.1 Å². The Hall–Kier alpha value is -2.42. The minimum Gasteiger partial charge on any atom is -0.389 e.